The molecule has 1 amide bonds. The molecule has 1 atom stereocenters. The molecular weight excluding hydrogens is 342 g/mol. The van der Waals surface area contributed by atoms with Gasteiger partial charge in [0.05, 0.1) is 11.7 Å². The third kappa shape index (κ3) is 2.89. The number of nitrogens with one attached hydrogen (secondary N) is 1. The fourth-order valence-corrected chi connectivity index (χ4v) is 4.58. The summed E-state index contributed by atoms with van der Waals surface area (Å²) in [6.07, 6.45) is 3.82. The largest absolute Gasteiger partial charge is 0.352 e. The van der Waals surface area contributed by atoms with Crippen LogP contribution in [0.2, 0.25) is 0 Å². The normalized spacial score (nSPS) is 15.5. The minimum absolute atomic E-state index is 0.0125. The zero-order valence-corrected chi connectivity index (χ0v) is 14.8. The van der Waals surface area contributed by atoms with Crippen LogP contribution in [0.3, 0.4) is 0 Å². The molecule has 24 heavy (non-hydrogen) atoms. The third-order valence-corrected chi connectivity index (χ3v) is 6.17. The van der Waals surface area contributed by atoms with E-state index in [4.69, 9.17) is 0 Å². The van der Waals surface area contributed by atoms with E-state index in [2.05, 4.69) is 10.3 Å². The number of nitrogens with zero attached hydrogens (tertiary/aromatic N) is 2. The lowest BCUT2D eigenvalue weighted by atomic mass is 10.2. The van der Waals surface area contributed by atoms with E-state index < -0.39 is 0 Å². The van der Waals surface area contributed by atoms with Crippen molar-refractivity contribution in [2.24, 2.45) is 5.92 Å². The molecule has 124 valence electrons. The molecular formula is C17H17N3O2S2. The van der Waals surface area contributed by atoms with Gasteiger partial charge in [0.2, 0.25) is 5.91 Å². The molecule has 3 heterocycles. The van der Waals surface area contributed by atoms with Gasteiger partial charge >= 0.3 is 0 Å². The van der Waals surface area contributed by atoms with Crippen LogP contribution in [0.15, 0.2) is 34.0 Å². The lowest BCUT2D eigenvalue weighted by Gasteiger charge is -2.13. The van der Waals surface area contributed by atoms with Crippen molar-refractivity contribution in [1.82, 2.24) is 14.9 Å². The van der Waals surface area contributed by atoms with E-state index in [1.54, 1.807) is 11.3 Å². The van der Waals surface area contributed by atoms with Gasteiger partial charge in [0.25, 0.3) is 5.56 Å². The van der Waals surface area contributed by atoms with E-state index in [-0.39, 0.29) is 24.1 Å². The zero-order valence-electron chi connectivity index (χ0n) is 13.2. The van der Waals surface area contributed by atoms with Gasteiger partial charge in [-0.15, -0.1) is 22.7 Å². The molecule has 4 rings (SSSR count). The van der Waals surface area contributed by atoms with Crippen LogP contribution in [-0.2, 0) is 11.3 Å². The predicted octanol–water partition coefficient (Wildman–Crippen LogP) is 3.10. The Kier molecular flexibility index (Phi) is 3.97. The van der Waals surface area contributed by atoms with Crippen molar-refractivity contribution in [2.45, 2.75) is 32.4 Å². The molecule has 0 spiro atoms. The van der Waals surface area contributed by atoms with Crippen LogP contribution in [0.1, 0.15) is 19.8 Å². The van der Waals surface area contributed by atoms with Crippen LogP contribution in [0.5, 0.6) is 0 Å². The Balaban J connectivity index is 1.64. The van der Waals surface area contributed by atoms with Crippen LogP contribution in [0.4, 0.5) is 0 Å². The van der Waals surface area contributed by atoms with Crippen LogP contribution < -0.4 is 10.9 Å². The van der Waals surface area contributed by atoms with E-state index in [0.29, 0.717) is 16.1 Å². The molecule has 1 fully saturated rings. The second-order valence-electron chi connectivity index (χ2n) is 6.18. The van der Waals surface area contributed by atoms with Gasteiger partial charge in [-0.2, -0.15) is 0 Å². The quantitative estimate of drug-likeness (QED) is 0.761. The predicted molar refractivity (Wildman–Crippen MR) is 97.5 cm³/mol. The molecule has 1 N–H and O–H groups in total. The molecule has 7 heteroatoms. The first kappa shape index (κ1) is 15.5. The van der Waals surface area contributed by atoms with E-state index in [1.165, 1.54) is 35.1 Å². The first-order valence-electron chi connectivity index (χ1n) is 7.93. The smallest absolute Gasteiger partial charge is 0.263 e. The van der Waals surface area contributed by atoms with E-state index >= 15 is 0 Å². The van der Waals surface area contributed by atoms with Crippen molar-refractivity contribution in [3.05, 3.63) is 39.6 Å². The molecule has 0 bridgehead atoms. The van der Waals surface area contributed by atoms with Crippen molar-refractivity contribution in [1.29, 1.82) is 0 Å². The van der Waals surface area contributed by atoms with E-state index in [1.807, 2.05) is 29.8 Å². The standard InChI is InChI=1S/C17H17N3O2S2/c1-10(11-4-5-11)19-14(21)7-20-9-18-16-15(17(20)22)12(8-24-16)13-3-2-6-23-13/h2-3,6,8-11H,4-5,7H2,1H3,(H,19,21). The van der Waals surface area contributed by atoms with Crippen molar-refractivity contribution in [3.8, 4) is 10.4 Å². The highest BCUT2D eigenvalue weighted by Gasteiger charge is 2.29. The maximum absolute atomic E-state index is 12.8. The highest BCUT2D eigenvalue weighted by molar-refractivity contribution is 7.18. The summed E-state index contributed by atoms with van der Waals surface area (Å²) in [7, 11) is 0. The summed E-state index contributed by atoms with van der Waals surface area (Å²) in [6, 6.07) is 4.13. The molecule has 0 saturated heterocycles. The monoisotopic (exact) mass is 359 g/mol. The molecule has 0 aromatic carbocycles. The van der Waals surface area contributed by atoms with Gasteiger partial charge in [0, 0.05) is 21.9 Å². The minimum atomic E-state index is -0.154. The molecule has 5 nitrogen and oxygen atoms in total. The third-order valence-electron chi connectivity index (χ3n) is 4.38. The lowest BCUT2D eigenvalue weighted by Crippen LogP contribution is -2.38. The van der Waals surface area contributed by atoms with Crippen LogP contribution in [-0.4, -0.2) is 21.5 Å². The Morgan fingerprint density at radius 1 is 1.46 bits per heavy atom. The Morgan fingerprint density at radius 3 is 3.00 bits per heavy atom. The molecule has 3 aromatic rings. The molecule has 1 aliphatic carbocycles. The van der Waals surface area contributed by atoms with Gasteiger partial charge in [-0.1, -0.05) is 6.07 Å². The molecule has 1 unspecified atom stereocenters. The van der Waals surface area contributed by atoms with Crippen molar-refractivity contribution < 1.29 is 4.79 Å². The summed E-state index contributed by atoms with van der Waals surface area (Å²) < 4.78 is 1.40. The summed E-state index contributed by atoms with van der Waals surface area (Å²) >= 11 is 3.05. The Bertz CT molecular complexity index is 939. The number of hydrogen-bond donors (Lipinski definition) is 1. The molecule has 3 aromatic heterocycles. The average Bonchev–Trinajstić information content (AvgIpc) is 3.10. The second kappa shape index (κ2) is 6.14. The average molecular weight is 359 g/mol. The van der Waals surface area contributed by atoms with Crippen molar-refractivity contribution >= 4 is 38.8 Å². The fourth-order valence-electron chi connectivity index (χ4n) is 2.86. The fraction of sp³-hybridized carbons (Fsp3) is 0.353. The number of aromatic nitrogens is 2. The Morgan fingerprint density at radius 2 is 2.29 bits per heavy atom. The summed E-state index contributed by atoms with van der Waals surface area (Å²) in [5.41, 5.74) is 0.752. The number of thiophene rings is 2. The van der Waals surface area contributed by atoms with Crippen LogP contribution in [0.25, 0.3) is 20.7 Å². The molecule has 0 radical (unpaired) electrons. The zero-order chi connectivity index (χ0) is 16.7. The summed E-state index contributed by atoms with van der Waals surface area (Å²) in [4.78, 5) is 31.1. The minimum Gasteiger partial charge on any atom is -0.352 e. The van der Waals surface area contributed by atoms with Gasteiger partial charge in [-0.25, -0.2) is 4.98 Å². The van der Waals surface area contributed by atoms with Crippen molar-refractivity contribution in [3.63, 3.8) is 0 Å². The Hall–Kier alpha value is -1.99. The number of rotatable bonds is 5. The first-order chi connectivity index (χ1) is 11.6. The molecule has 0 aliphatic heterocycles. The van der Waals surface area contributed by atoms with Gasteiger partial charge < -0.3 is 5.32 Å². The summed E-state index contributed by atoms with van der Waals surface area (Å²) in [6.45, 7) is 2.03. The first-order valence-corrected chi connectivity index (χ1v) is 9.69. The topological polar surface area (TPSA) is 64.0 Å². The van der Waals surface area contributed by atoms with Gasteiger partial charge in [-0.05, 0) is 37.1 Å². The summed E-state index contributed by atoms with van der Waals surface area (Å²) in [5.74, 6) is 0.458. The lowest BCUT2D eigenvalue weighted by molar-refractivity contribution is -0.122. The second-order valence-corrected chi connectivity index (χ2v) is 7.98. The summed E-state index contributed by atoms with van der Waals surface area (Å²) in [5, 5.41) is 7.53. The SMILES string of the molecule is CC(NC(=O)Cn1cnc2scc(-c3cccs3)c2c1=O)C1CC1. The van der Waals surface area contributed by atoms with Crippen molar-refractivity contribution in [2.75, 3.05) is 0 Å². The highest BCUT2D eigenvalue weighted by Crippen LogP contribution is 2.33. The van der Waals surface area contributed by atoms with Crippen LogP contribution in [0, 0.1) is 5.92 Å². The maximum Gasteiger partial charge on any atom is 0.263 e. The van der Waals surface area contributed by atoms with Crippen LogP contribution >= 0.6 is 22.7 Å². The number of amides is 1. The number of hydrogen-bond acceptors (Lipinski definition) is 5. The van der Waals surface area contributed by atoms with Gasteiger partial charge in [-0.3, -0.25) is 14.2 Å². The van der Waals surface area contributed by atoms with Gasteiger partial charge in [0.15, 0.2) is 0 Å². The Labute approximate surface area is 147 Å². The number of fused-ring (bicyclic) bond motifs is 1. The highest BCUT2D eigenvalue weighted by atomic mass is 32.1. The molecule has 1 aliphatic rings. The number of carbonyl (C=O) groups is 1. The van der Waals surface area contributed by atoms with Gasteiger partial charge in [0.1, 0.15) is 11.4 Å². The maximum atomic E-state index is 12.8. The van der Waals surface area contributed by atoms with E-state index in [9.17, 15) is 9.59 Å². The molecule has 1 saturated carbocycles. The van der Waals surface area contributed by atoms with E-state index in [0.717, 1.165) is 10.4 Å². The number of carbonyl (C=O) groups excluding carboxylic acids is 1.